The molecule has 3 nitrogen and oxygen atoms in total. The number of allylic oxidation sites excluding steroid dienone is 1. The Morgan fingerprint density at radius 1 is 1.73 bits per heavy atom. The van der Waals surface area contributed by atoms with Crippen molar-refractivity contribution in [2.24, 2.45) is 0 Å². The van der Waals surface area contributed by atoms with Crippen LogP contribution in [0.25, 0.3) is 0 Å². The van der Waals surface area contributed by atoms with E-state index in [0.717, 1.165) is 0 Å². The second-order valence-electron chi connectivity index (χ2n) is 2.23. The largest absolute Gasteiger partial charge is 0.506 e. The second kappa shape index (κ2) is 3.07. The van der Waals surface area contributed by atoms with Crippen molar-refractivity contribution in [2.75, 3.05) is 0 Å². The van der Waals surface area contributed by atoms with Crippen LogP contribution in [-0.2, 0) is 4.79 Å². The molecule has 1 aliphatic carbocycles. The molecule has 1 unspecified atom stereocenters. The van der Waals surface area contributed by atoms with Crippen molar-refractivity contribution in [1.29, 1.82) is 0 Å². The van der Waals surface area contributed by atoms with E-state index in [1.165, 1.54) is 6.08 Å². The minimum atomic E-state index is -0.875. The molecule has 0 fully saturated rings. The molecule has 1 rings (SSSR count). The van der Waals surface area contributed by atoms with Gasteiger partial charge in [-0.25, -0.2) is 0 Å². The summed E-state index contributed by atoms with van der Waals surface area (Å²) in [6.45, 7) is 0. The molecular weight excluding hydrogens is 168 g/mol. The van der Waals surface area contributed by atoms with Crippen molar-refractivity contribution < 1.29 is 15.0 Å². The van der Waals surface area contributed by atoms with Crippen molar-refractivity contribution in [1.82, 2.24) is 0 Å². The van der Waals surface area contributed by atoms with Gasteiger partial charge >= 0.3 is 0 Å². The smallest absolute Gasteiger partial charge is 0.153 e. The predicted octanol–water partition coefficient (Wildman–Crippen LogP) is 0.885. The Hall–Kier alpha value is -0.800. The molecule has 0 heterocycles. The van der Waals surface area contributed by atoms with Crippen LogP contribution < -0.4 is 0 Å². The molecule has 0 spiro atoms. The predicted molar refractivity (Wildman–Crippen MR) is 40.3 cm³/mol. The van der Waals surface area contributed by atoms with E-state index in [4.69, 9.17) is 21.8 Å². The van der Waals surface area contributed by atoms with Gasteiger partial charge < -0.3 is 10.2 Å². The summed E-state index contributed by atoms with van der Waals surface area (Å²) in [6.07, 6.45) is 1.35. The Morgan fingerprint density at radius 3 is 2.91 bits per heavy atom. The Labute approximate surface area is 68.6 Å². The fraction of sp³-hybridized carbons (Fsp3) is 0.286. The van der Waals surface area contributed by atoms with E-state index in [2.05, 4.69) is 0 Å². The lowest BCUT2D eigenvalue weighted by molar-refractivity contribution is -0.104. The van der Waals surface area contributed by atoms with E-state index in [-0.39, 0.29) is 22.8 Å². The van der Waals surface area contributed by atoms with Crippen molar-refractivity contribution >= 4 is 17.9 Å². The van der Waals surface area contributed by atoms with Crippen molar-refractivity contribution in [3.05, 3.63) is 22.4 Å². The van der Waals surface area contributed by atoms with E-state index in [1.807, 2.05) is 0 Å². The molecule has 0 amide bonds. The minimum absolute atomic E-state index is 0.0606. The van der Waals surface area contributed by atoms with Crippen molar-refractivity contribution in [3.63, 3.8) is 0 Å². The van der Waals surface area contributed by atoms with Gasteiger partial charge in [-0.2, -0.15) is 0 Å². The molecule has 0 bridgehead atoms. The highest BCUT2D eigenvalue weighted by Gasteiger charge is 2.20. The van der Waals surface area contributed by atoms with Gasteiger partial charge in [-0.1, -0.05) is 17.7 Å². The summed E-state index contributed by atoms with van der Waals surface area (Å²) in [4.78, 5) is 10.2. The molecule has 60 valence electrons. The summed E-state index contributed by atoms with van der Waals surface area (Å²) < 4.78 is 0. The van der Waals surface area contributed by atoms with Crippen LogP contribution in [0.2, 0.25) is 0 Å². The summed E-state index contributed by atoms with van der Waals surface area (Å²) in [6, 6.07) is 0. The Bertz CT molecular complexity index is 242. The molecule has 4 heteroatoms. The Morgan fingerprint density at radius 2 is 2.36 bits per heavy atom. The van der Waals surface area contributed by atoms with Gasteiger partial charge in [0.2, 0.25) is 0 Å². The van der Waals surface area contributed by atoms with Crippen molar-refractivity contribution in [2.45, 2.75) is 12.5 Å². The molecule has 0 aromatic carbocycles. The zero-order valence-electron chi connectivity index (χ0n) is 5.62. The Kier molecular flexibility index (Phi) is 2.31. The normalized spacial score (nSPS) is 24.9. The number of aldehydes is 1. The zero-order chi connectivity index (χ0) is 8.43. The maximum absolute atomic E-state index is 10.2. The van der Waals surface area contributed by atoms with Gasteiger partial charge in [-0.15, -0.1) is 0 Å². The van der Waals surface area contributed by atoms with E-state index in [9.17, 15) is 4.79 Å². The summed E-state index contributed by atoms with van der Waals surface area (Å²) in [7, 11) is 0. The SMILES string of the molecule is O=CC1=CCC(O)C(Cl)=C1O. The topological polar surface area (TPSA) is 57.5 Å². The zero-order valence-corrected chi connectivity index (χ0v) is 6.38. The average molecular weight is 175 g/mol. The van der Waals surface area contributed by atoms with Gasteiger partial charge in [-0.05, 0) is 6.42 Å². The number of rotatable bonds is 1. The lowest BCUT2D eigenvalue weighted by atomic mass is 10.0. The summed E-state index contributed by atoms with van der Waals surface area (Å²) >= 11 is 5.47. The summed E-state index contributed by atoms with van der Waals surface area (Å²) in [5, 5.41) is 18.1. The number of aliphatic hydroxyl groups is 2. The molecule has 0 aromatic rings. The van der Waals surface area contributed by atoms with Crippen molar-refractivity contribution in [3.8, 4) is 0 Å². The van der Waals surface area contributed by atoms with E-state index in [1.54, 1.807) is 0 Å². The molecule has 0 radical (unpaired) electrons. The quantitative estimate of drug-likeness (QED) is 0.581. The third kappa shape index (κ3) is 1.44. The van der Waals surface area contributed by atoms with Gasteiger partial charge in [0.1, 0.15) is 5.76 Å². The first-order valence-electron chi connectivity index (χ1n) is 3.09. The molecule has 0 aliphatic heterocycles. The van der Waals surface area contributed by atoms with Crippen LogP contribution in [0, 0.1) is 0 Å². The highest BCUT2D eigenvalue weighted by atomic mass is 35.5. The Balaban J connectivity index is 2.99. The minimum Gasteiger partial charge on any atom is -0.506 e. The van der Waals surface area contributed by atoms with Crippen LogP contribution in [-0.4, -0.2) is 22.6 Å². The molecule has 0 saturated carbocycles. The molecular formula is C7H7ClO3. The number of hydrogen-bond donors (Lipinski definition) is 2. The van der Waals surface area contributed by atoms with Gasteiger partial charge in [0.25, 0.3) is 0 Å². The first-order chi connectivity index (χ1) is 5.16. The van der Waals surface area contributed by atoms with Crippen LogP contribution in [0.15, 0.2) is 22.4 Å². The second-order valence-corrected chi connectivity index (χ2v) is 2.63. The van der Waals surface area contributed by atoms with E-state index >= 15 is 0 Å². The van der Waals surface area contributed by atoms with Crippen LogP contribution in [0.5, 0.6) is 0 Å². The van der Waals surface area contributed by atoms with Gasteiger partial charge in [-0.3, -0.25) is 4.79 Å². The molecule has 0 saturated heterocycles. The van der Waals surface area contributed by atoms with Crippen LogP contribution in [0.3, 0.4) is 0 Å². The van der Waals surface area contributed by atoms with Crippen LogP contribution in [0.1, 0.15) is 6.42 Å². The third-order valence-corrected chi connectivity index (χ3v) is 1.91. The lowest BCUT2D eigenvalue weighted by Crippen LogP contribution is -2.13. The average Bonchev–Trinajstić information content (AvgIpc) is 2.01. The number of carbonyl (C=O) groups is 1. The highest BCUT2D eigenvalue weighted by molar-refractivity contribution is 6.31. The first-order valence-corrected chi connectivity index (χ1v) is 3.47. The van der Waals surface area contributed by atoms with Gasteiger partial charge in [0.15, 0.2) is 6.29 Å². The number of carbonyl (C=O) groups excluding carboxylic acids is 1. The first kappa shape index (κ1) is 8.30. The fourth-order valence-electron chi connectivity index (χ4n) is 0.838. The molecule has 1 aliphatic rings. The van der Waals surface area contributed by atoms with Gasteiger partial charge in [0, 0.05) is 0 Å². The standard InChI is InChI=1S/C7H7ClO3/c8-6-5(10)2-1-4(3-9)7(6)11/h1,3,5,10-11H,2H2. The summed E-state index contributed by atoms with van der Waals surface area (Å²) in [5.74, 6) is -0.319. The fourth-order valence-corrected chi connectivity index (χ4v) is 1.04. The number of hydrogen-bond acceptors (Lipinski definition) is 3. The number of aliphatic hydroxyl groups excluding tert-OH is 2. The monoisotopic (exact) mass is 174 g/mol. The maximum atomic E-state index is 10.2. The number of halogens is 1. The van der Waals surface area contributed by atoms with E-state index in [0.29, 0.717) is 6.29 Å². The third-order valence-electron chi connectivity index (χ3n) is 1.48. The lowest BCUT2D eigenvalue weighted by Gasteiger charge is -2.14. The maximum Gasteiger partial charge on any atom is 0.153 e. The van der Waals surface area contributed by atoms with Crippen LogP contribution in [0.4, 0.5) is 0 Å². The molecule has 2 N–H and O–H groups in total. The molecule has 11 heavy (non-hydrogen) atoms. The molecule has 1 atom stereocenters. The van der Waals surface area contributed by atoms with Crippen LogP contribution >= 0.6 is 11.6 Å². The summed E-state index contributed by atoms with van der Waals surface area (Å²) in [5.41, 5.74) is 0.139. The van der Waals surface area contributed by atoms with E-state index < -0.39 is 6.10 Å². The highest BCUT2D eigenvalue weighted by Crippen LogP contribution is 2.25. The van der Waals surface area contributed by atoms with Gasteiger partial charge in [0.05, 0.1) is 16.7 Å². The molecule has 0 aromatic heterocycles.